The van der Waals surface area contributed by atoms with Crippen LogP contribution < -0.4 is 0 Å². The van der Waals surface area contributed by atoms with Gasteiger partial charge in [-0.15, -0.1) is 0 Å². The Hall–Kier alpha value is -1.77. The van der Waals surface area contributed by atoms with Gasteiger partial charge in [0.15, 0.2) is 5.82 Å². The molecule has 0 aliphatic carbocycles. The van der Waals surface area contributed by atoms with Crippen molar-refractivity contribution in [2.75, 3.05) is 32.8 Å². The van der Waals surface area contributed by atoms with Gasteiger partial charge < -0.3 is 9.63 Å². The molecule has 3 rings (SSSR count). The topological polar surface area (TPSA) is 83.5 Å². The second kappa shape index (κ2) is 8.55. The Morgan fingerprint density at radius 3 is 2.80 bits per heavy atom. The fourth-order valence-electron chi connectivity index (χ4n) is 3.20. The van der Waals surface area contributed by atoms with E-state index < -0.39 is 0 Å². The predicted molar refractivity (Wildman–Crippen MR) is 92.9 cm³/mol. The first-order valence-electron chi connectivity index (χ1n) is 9.10. The van der Waals surface area contributed by atoms with Crippen molar-refractivity contribution in [2.24, 2.45) is 0 Å². The number of hydrogen-bond acceptors (Lipinski definition) is 7. The van der Waals surface area contributed by atoms with Crippen molar-refractivity contribution in [2.45, 2.75) is 45.8 Å². The molecule has 1 aliphatic heterocycles. The third-order valence-corrected chi connectivity index (χ3v) is 4.69. The predicted octanol–water partition coefficient (Wildman–Crippen LogP) is 1.09. The zero-order valence-electron chi connectivity index (χ0n) is 15.1. The van der Waals surface area contributed by atoms with E-state index in [-0.39, 0.29) is 12.6 Å². The Balaban J connectivity index is 1.48. The van der Waals surface area contributed by atoms with Gasteiger partial charge in [0.25, 0.3) is 0 Å². The van der Waals surface area contributed by atoms with Gasteiger partial charge in [-0.2, -0.15) is 10.1 Å². The Morgan fingerprint density at radius 2 is 2.08 bits per heavy atom. The van der Waals surface area contributed by atoms with Gasteiger partial charge in [0, 0.05) is 50.9 Å². The van der Waals surface area contributed by atoms with Crippen LogP contribution in [0.1, 0.15) is 43.6 Å². The zero-order valence-corrected chi connectivity index (χ0v) is 15.1. The van der Waals surface area contributed by atoms with Crippen molar-refractivity contribution < 1.29 is 9.63 Å². The minimum atomic E-state index is 0.118. The van der Waals surface area contributed by atoms with Crippen molar-refractivity contribution in [1.29, 1.82) is 0 Å². The molecule has 0 radical (unpaired) electrons. The van der Waals surface area contributed by atoms with Crippen LogP contribution in [0, 0.1) is 0 Å². The molecule has 25 heavy (non-hydrogen) atoms. The molecule has 2 aromatic heterocycles. The van der Waals surface area contributed by atoms with Crippen LogP contribution >= 0.6 is 0 Å². The molecule has 1 aliphatic rings. The highest BCUT2D eigenvalue weighted by Crippen LogP contribution is 2.21. The van der Waals surface area contributed by atoms with Crippen molar-refractivity contribution in [1.82, 2.24) is 29.7 Å². The molecule has 8 heteroatoms. The van der Waals surface area contributed by atoms with Gasteiger partial charge in [0.1, 0.15) is 0 Å². The van der Waals surface area contributed by atoms with Crippen LogP contribution in [0.25, 0.3) is 0 Å². The zero-order chi connectivity index (χ0) is 17.6. The maximum absolute atomic E-state index is 8.96. The van der Waals surface area contributed by atoms with E-state index in [2.05, 4.69) is 38.9 Å². The monoisotopic (exact) mass is 348 g/mol. The van der Waals surface area contributed by atoms with E-state index >= 15 is 0 Å². The van der Waals surface area contributed by atoms with Gasteiger partial charge in [0.2, 0.25) is 5.89 Å². The molecule has 0 unspecified atom stereocenters. The molecule has 0 amide bonds. The summed E-state index contributed by atoms with van der Waals surface area (Å²) < 4.78 is 7.22. The second-order valence-electron chi connectivity index (χ2n) is 6.62. The van der Waals surface area contributed by atoms with Crippen LogP contribution in [-0.2, 0) is 19.5 Å². The molecule has 1 saturated heterocycles. The first kappa shape index (κ1) is 18.0. The van der Waals surface area contributed by atoms with Gasteiger partial charge in [-0.3, -0.25) is 14.5 Å². The molecule has 0 aromatic carbocycles. The molecule has 2 aromatic rings. The number of aryl methyl sites for hydroxylation is 1. The maximum Gasteiger partial charge on any atom is 0.243 e. The second-order valence-corrected chi connectivity index (χ2v) is 6.62. The lowest BCUT2D eigenvalue weighted by atomic mass is 10.2. The van der Waals surface area contributed by atoms with E-state index in [9.17, 15) is 0 Å². The molecule has 8 nitrogen and oxygen atoms in total. The van der Waals surface area contributed by atoms with Crippen LogP contribution in [-0.4, -0.2) is 67.6 Å². The van der Waals surface area contributed by atoms with E-state index in [0.29, 0.717) is 6.54 Å². The lowest BCUT2D eigenvalue weighted by Crippen LogP contribution is -2.46. The van der Waals surface area contributed by atoms with Crippen molar-refractivity contribution >= 4 is 0 Å². The standard InChI is InChI=1S/C17H28N6O2/c1-3-4-16-19-17(25-20-16)14(2)22-7-5-21(6-8-22)12-15-11-18-23(13-15)9-10-24/h11,13-14,24H,3-10,12H2,1-2H3/t14-/m0/s1. The average molecular weight is 348 g/mol. The molecular formula is C17H28N6O2. The molecule has 1 atom stereocenters. The largest absolute Gasteiger partial charge is 0.394 e. The summed E-state index contributed by atoms with van der Waals surface area (Å²) >= 11 is 0. The van der Waals surface area contributed by atoms with E-state index in [0.717, 1.165) is 57.3 Å². The van der Waals surface area contributed by atoms with E-state index in [1.807, 2.05) is 12.4 Å². The van der Waals surface area contributed by atoms with Gasteiger partial charge in [-0.25, -0.2) is 0 Å². The Bertz CT molecular complexity index is 647. The molecule has 0 spiro atoms. The van der Waals surface area contributed by atoms with Gasteiger partial charge in [0.05, 0.1) is 25.4 Å². The maximum atomic E-state index is 8.96. The van der Waals surface area contributed by atoms with Crippen molar-refractivity contribution in [3.8, 4) is 0 Å². The fourth-order valence-corrected chi connectivity index (χ4v) is 3.20. The van der Waals surface area contributed by atoms with Crippen LogP contribution in [0.5, 0.6) is 0 Å². The van der Waals surface area contributed by atoms with Crippen LogP contribution in [0.2, 0.25) is 0 Å². The highest BCUT2D eigenvalue weighted by atomic mass is 16.5. The smallest absolute Gasteiger partial charge is 0.243 e. The number of aromatic nitrogens is 4. The minimum Gasteiger partial charge on any atom is -0.394 e. The third-order valence-electron chi connectivity index (χ3n) is 4.69. The van der Waals surface area contributed by atoms with E-state index in [1.165, 1.54) is 5.56 Å². The summed E-state index contributed by atoms with van der Waals surface area (Å²) in [5.74, 6) is 1.53. The summed E-state index contributed by atoms with van der Waals surface area (Å²) in [5, 5.41) is 17.3. The molecular weight excluding hydrogens is 320 g/mol. The summed E-state index contributed by atoms with van der Waals surface area (Å²) in [5.41, 5.74) is 1.19. The number of aliphatic hydroxyl groups excluding tert-OH is 1. The quantitative estimate of drug-likeness (QED) is 0.764. The Morgan fingerprint density at radius 1 is 1.28 bits per heavy atom. The summed E-state index contributed by atoms with van der Waals surface area (Å²) in [6.45, 7) is 9.80. The molecule has 3 heterocycles. The van der Waals surface area contributed by atoms with Gasteiger partial charge in [-0.05, 0) is 13.3 Å². The summed E-state index contributed by atoms with van der Waals surface area (Å²) in [7, 11) is 0. The minimum absolute atomic E-state index is 0.118. The number of rotatable bonds is 8. The van der Waals surface area contributed by atoms with Crippen LogP contribution in [0.3, 0.4) is 0 Å². The first-order valence-corrected chi connectivity index (χ1v) is 9.10. The molecule has 1 fully saturated rings. The molecule has 1 N–H and O–H groups in total. The lowest BCUT2D eigenvalue weighted by molar-refractivity contribution is 0.0845. The number of aliphatic hydroxyl groups is 1. The lowest BCUT2D eigenvalue weighted by Gasteiger charge is -2.36. The van der Waals surface area contributed by atoms with Crippen LogP contribution in [0.15, 0.2) is 16.9 Å². The average Bonchev–Trinajstić information content (AvgIpc) is 3.25. The fraction of sp³-hybridized carbons (Fsp3) is 0.706. The third kappa shape index (κ3) is 4.65. The summed E-state index contributed by atoms with van der Waals surface area (Å²) in [4.78, 5) is 9.35. The summed E-state index contributed by atoms with van der Waals surface area (Å²) in [6.07, 6.45) is 5.80. The Labute approximate surface area is 148 Å². The van der Waals surface area contributed by atoms with E-state index in [1.54, 1.807) is 4.68 Å². The molecule has 0 saturated carbocycles. The number of hydrogen-bond donors (Lipinski definition) is 1. The van der Waals surface area contributed by atoms with Crippen molar-refractivity contribution in [3.63, 3.8) is 0 Å². The highest BCUT2D eigenvalue weighted by Gasteiger charge is 2.25. The number of nitrogens with zero attached hydrogens (tertiary/aromatic N) is 6. The first-order chi connectivity index (χ1) is 12.2. The molecule has 138 valence electrons. The molecule has 0 bridgehead atoms. The van der Waals surface area contributed by atoms with Crippen molar-refractivity contribution in [3.05, 3.63) is 29.7 Å². The normalized spacial score (nSPS) is 17.9. The van der Waals surface area contributed by atoms with Gasteiger partial charge >= 0.3 is 0 Å². The highest BCUT2D eigenvalue weighted by molar-refractivity contribution is 5.04. The summed E-state index contributed by atoms with van der Waals surface area (Å²) in [6, 6.07) is 0.160. The van der Waals surface area contributed by atoms with Gasteiger partial charge in [-0.1, -0.05) is 12.1 Å². The van der Waals surface area contributed by atoms with E-state index in [4.69, 9.17) is 9.63 Å². The SMILES string of the molecule is CCCc1noc([C@H](C)N2CCN(Cc3cnn(CCO)c3)CC2)n1. The Kier molecular flexibility index (Phi) is 6.17. The van der Waals surface area contributed by atoms with Crippen LogP contribution in [0.4, 0.5) is 0 Å². The number of piperazine rings is 1.